The van der Waals surface area contributed by atoms with Gasteiger partial charge in [-0.05, 0) is 19.8 Å². The van der Waals surface area contributed by atoms with E-state index < -0.39 is 10.0 Å². The van der Waals surface area contributed by atoms with Gasteiger partial charge in [-0.25, -0.2) is 13.1 Å². The lowest BCUT2D eigenvalue weighted by Gasteiger charge is -2.00. The summed E-state index contributed by atoms with van der Waals surface area (Å²) in [6, 6.07) is 0. The average Bonchev–Trinajstić information content (AvgIpc) is 3.03. The predicted octanol–water partition coefficient (Wildman–Crippen LogP) is 0.535. The third-order valence-electron chi connectivity index (χ3n) is 3.07. The molecule has 108 valence electrons. The van der Waals surface area contributed by atoms with Crippen molar-refractivity contribution < 1.29 is 12.9 Å². The quantitative estimate of drug-likeness (QED) is 0.834. The van der Waals surface area contributed by atoms with Crippen LogP contribution < -0.4 is 4.72 Å². The molecule has 0 radical (unpaired) electrons. The lowest BCUT2D eigenvalue weighted by molar-refractivity contribution is 0.376. The Bertz CT molecular complexity index is 701. The standard InChI is InChI=1S/C11H15N5O3S/c1-2-16-7-8(5-12-16)11-14-10(19-15-11)6-13-20(17,18)9-3-4-9/h5,7,9,13H,2-4,6H2,1H3. The summed E-state index contributed by atoms with van der Waals surface area (Å²) < 4.78 is 32.6. The lowest BCUT2D eigenvalue weighted by Crippen LogP contribution is -2.26. The summed E-state index contributed by atoms with van der Waals surface area (Å²) in [7, 11) is -3.23. The zero-order chi connectivity index (χ0) is 14.2. The number of hydrogen-bond acceptors (Lipinski definition) is 6. The highest BCUT2D eigenvalue weighted by Gasteiger charge is 2.35. The second kappa shape index (κ2) is 4.98. The Balaban J connectivity index is 1.67. The van der Waals surface area contributed by atoms with Gasteiger partial charge in [-0.3, -0.25) is 4.68 Å². The molecule has 0 unspecified atom stereocenters. The molecule has 0 saturated heterocycles. The molecule has 0 aromatic carbocycles. The first-order chi connectivity index (χ1) is 9.58. The minimum absolute atomic E-state index is 0.0216. The summed E-state index contributed by atoms with van der Waals surface area (Å²) in [4.78, 5) is 4.15. The van der Waals surface area contributed by atoms with Crippen LogP contribution in [-0.2, 0) is 23.1 Å². The van der Waals surface area contributed by atoms with Gasteiger partial charge in [0.2, 0.25) is 21.7 Å². The molecule has 2 heterocycles. The van der Waals surface area contributed by atoms with Crippen molar-refractivity contribution in [1.29, 1.82) is 0 Å². The average molecular weight is 297 g/mol. The molecule has 1 aliphatic rings. The third-order valence-corrected chi connectivity index (χ3v) is 4.97. The molecule has 2 aromatic heterocycles. The van der Waals surface area contributed by atoms with E-state index >= 15 is 0 Å². The molecule has 8 nitrogen and oxygen atoms in total. The van der Waals surface area contributed by atoms with Crippen LogP contribution >= 0.6 is 0 Å². The first-order valence-electron chi connectivity index (χ1n) is 6.42. The molecule has 0 bridgehead atoms. The van der Waals surface area contributed by atoms with Crippen molar-refractivity contribution in [2.45, 2.75) is 38.1 Å². The number of hydrogen-bond donors (Lipinski definition) is 1. The molecule has 1 N–H and O–H groups in total. The molecule has 0 aliphatic heterocycles. The highest BCUT2D eigenvalue weighted by molar-refractivity contribution is 7.90. The van der Waals surface area contributed by atoms with Crippen LogP contribution in [-0.4, -0.2) is 33.6 Å². The summed E-state index contributed by atoms with van der Waals surface area (Å²) in [6.45, 7) is 2.75. The summed E-state index contributed by atoms with van der Waals surface area (Å²) in [5.74, 6) is 0.652. The van der Waals surface area contributed by atoms with Gasteiger partial charge in [0.25, 0.3) is 0 Å². The van der Waals surface area contributed by atoms with Crippen molar-refractivity contribution in [3.8, 4) is 11.4 Å². The van der Waals surface area contributed by atoms with Gasteiger partial charge in [0.15, 0.2) is 0 Å². The Labute approximate surface area is 116 Å². The van der Waals surface area contributed by atoms with Crippen LogP contribution in [0.15, 0.2) is 16.9 Å². The van der Waals surface area contributed by atoms with Crippen LogP contribution in [0.5, 0.6) is 0 Å². The van der Waals surface area contributed by atoms with Crippen molar-refractivity contribution in [3.63, 3.8) is 0 Å². The number of nitrogens with zero attached hydrogens (tertiary/aromatic N) is 4. The number of aromatic nitrogens is 4. The second-order valence-corrected chi connectivity index (χ2v) is 6.71. The van der Waals surface area contributed by atoms with Crippen molar-refractivity contribution in [1.82, 2.24) is 24.6 Å². The molecule has 1 saturated carbocycles. The normalized spacial score (nSPS) is 15.7. The SMILES string of the molecule is CCn1cc(-c2noc(CNS(=O)(=O)C3CC3)n2)cn1. The molecule has 20 heavy (non-hydrogen) atoms. The Morgan fingerprint density at radius 1 is 1.50 bits per heavy atom. The predicted molar refractivity (Wildman–Crippen MR) is 70.0 cm³/mol. The van der Waals surface area contributed by atoms with Crippen LogP contribution in [0.4, 0.5) is 0 Å². The Morgan fingerprint density at radius 3 is 2.95 bits per heavy atom. The Morgan fingerprint density at radius 2 is 2.30 bits per heavy atom. The first kappa shape index (κ1) is 13.3. The van der Waals surface area contributed by atoms with Gasteiger partial charge in [0, 0.05) is 12.7 Å². The third kappa shape index (κ3) is 2.73. The summed E-state index contributed by atoms with van der Waals surface area (Å²) in [5.41, 5.74) is 0.743. The Hall–Kier alpha value is -1.74. The van der Waals surface area contributed by atoms with Gasteiger partial charge < -0.3 is 4.52 Å². The minimum Gasteiger partial charge on any atom is -0.338 e. The maximum Gasteiger partial charge on any atom is 0.242 e. The molecule has 9 heteroatoms. The summed E-state index contributed by atoms with van der Waals surface area (Å²) >= 11 is 0. The van der Waals surface area contributed by atoms with E-state index in [1.807, 2.05) is 13.1 Å². The maximum atomic E-state index is 11.7. The van der Waals surface area contributed by atoms with Gasteiger partial charge in [0.05, 0.1) is 23.6 Å². The molecular formula is C11H15N5O3S. The highest BCUT2D eigenvalue weighted by Crippen LogP contribution is 2.27. The molecular weight excluding hydrogens is 282 g/mol. The van der Waals surface area contributed by atoms with Crippen molar-refractivity contribution >= 4 is 10.0 Å². The van der Waals surface area contributed by atoms with E-state index in [4.69, 9.17) is 4.52 Å². The van der Waals surface area contributed by atoms with Crippen molar-refractivity contribution in [2.75, 3.05) is 0 Å². The maximum absolute atomic E-state index is 11.7. The van der Waals surface area contributed by atoms with Gasteiger partial charge in [0.1, 0.15) is 0 Å². The topological polar surface area (TPSA) is 103 Å². The smallest absolute Gasteiger partial charge is 0.242 e. The zero-order valence-corrected chi connectivity index (χ0v) is 11.8. The van der Waals surface area contributed by atoms with Gasteiger partial charge in [-0.1, -0.05) is 5.16 Å². The van der Waals surface area contributed by atoms with E-state index in [9.17, 15) is 8.42 Å². The molecule has 0 spiro atoms. The number of aryl methyl sites for hydroxylation is 1. The minimum atomic E-state index is -3.23. The van der Waals surface area contributed by atoms with E-state index in [0.717, 1.165) is 24.9 Å². The van der Waals surface area contributed by atoms with Gasteiger partial charge in [-0.15, -0.1) is 0 Å². The van der Waals surface area contributed by atoms with Gasteiger partial charge in [-0.2, -0.15) is 10.1 Å². The summed E-state index contributed by atoms with van der Waals surface area (Å²) in [5, 5.41) is 7.68. The Kier molecular flexibility index (Phi) is 3.30. The fraction of sp³-hybridized carbons (Fsp3) is 0.545. The monoisotopic (exact) mass is 297 g/mol. The van der Waals surface area contributed by atoms with Crippen molar-refractivity contribution in [3.05, 3.63) is 18.3 Å². The zero-order valence-electron chi connectivity index (χ0n) is 11.0. The van der Waals surface area contributed by atoms with E-state index in [2.05, 4.69) is 20.0 Å². The van der Waals surface area contributed by atoms with Crippen LogP contribution in [0.3, 0.4) is 0 Å². The molecule has 1 fully saturated rings. The first-order valence-corrected chi connectivity index (χ1v) is 7.97. The number of rotatable bonds is 6. The summed E-state index contributed by atoms with van der Waals surface area (Å²) in [6.07, 6.45) is 4.90. The van der Waals surface area contributed by atoms with Crippen molar-refractivity contribution in [2.24, 2.45) is 0 Å². The fourth-order valence-electron chi connectivity index (χ4n) is 1.75. The van der Waals surface area contributed by atoms with E-state index in [-0.39, 0.29) is 17.7 Å². The van der Waals surface area contributed by atoms with E-state index in [1.165, 1.54) is 0 Å². The molecule has 3 rings (SSSR count). The lowest BCUT2D eigenvalue weighted by atomic mass is 10.3. The van der Waals surface area contributed by atoms with Crippen LogP contribution in [0.2, 0.25) is 0 Å². The van der Waals surface area contributed by atoms with Crippen LogP contribution in [0.1, 0.15) is 25.7 Å². The van der Waals surface area contributed by atoms with Gasteiger partial charge >= 0.3 is 0 Å². The second-order valence-electron chi connectivity index (χ2n) is 4.66. The number of sulfonamides is 1. The highest BCUT2D eigenvalue weighted by atomic mass is 32.2. The van der Waals surface area contributed by atoms with E-state index in [1.54, 1.807) is 10.9 Å². The largest absolute Gasteiger partial charge is 0.338 e. The van der Waals surface area contributed by atoms with Crippen LogP contribution in [0.25, 0.3) is 11.4 Å². The molecule has 2 aromatic rings. The molecule has 1 aliphatic carbocycles. The molecule has 0 atom stereocenters. The molecule has 0 amide bonds. The van der Waals surface area contributed by atoms with E-state index in [0.29, 0.717) is 5.82 Å². The number of nitrogens with one attached hydrogen (secondary N) is 1. The fourth-order valence-corrected chi connectivity index (χ4v) is 3.07. The van der Waals surface area contributed by atoms with Crippen LogP contribution in [0, 0.1) is 0 Å².